The molecule has 0 bridgehead atoms. The fourth-order valence-corrected chi connectivity index (χ4v) is 3.67. The van der Waals surface area contributed by atoms with Crippen molar-refractivity contribution in [1.29, 1.82) is 0 Å². The summed E-state index contributed by atoms with van der Waals surface area (Å²) in [5, 5.41) is 69.1. The third kappa shape index (κ3) is 3.80. The third-order valence-electron chi connectivity index (χ3n) is 5.49. The number of phenolic OH excluding ortho intramolecular Hbond substituents is 3. The SMILES string of the molecule is O=C1C[C@@H](c2ccc(O)c(O)c2)Oc2c1ccc(O[C@@H]1O[C@H](CO)[C@@H](O)[C@H](O)[C@H]1O)c2O. The van der Waals surface area contributed by atoms with E-state index in [-0.39, 0.29) is 35.0 Å². The van der Waals surface area contributed by atoms with Crippen molar-refractivity contribution < 1.29 is 54.8 Å². The van der Waals surface area contributed by atoms with Gasteiger partial charge in [0.15, 0.2) is 28.8 Å². The third-order valence-corrected chi connectivity index (χ3v) is 5.49. The first-order chi connectivity index (χ1) is 15.2. The fraction of sp³-hybridized carbons (Fsp3) is 0.381. The number of carbonyl (C=O) groups is 1. The number of Topliss-reactive ketones (excluding diaryl/α,β-unsaturated/α-hetero) is 1. The summed E-state index contributed by atoms with van der Waals surface area (Å²) in [4.78, 5) is 12.6. The van der Waals surface area contributed by atoms with Gasteiger partial charge in [-0.05, 0) is 29.8 Å². The number of aromatic hydroxyl groups is 3. The summed E-state index contributed by atoms with van der Waals surface area (Å²) in [5.74, 6) is -2.09. The van der Waals surface area contributed by atoms with Crippen LogP contribution in [0.1, 0.15) is 28.4 Å². The van der Waals surface area contributed by atoms with Crippen LogP contribution in [-0.4, -0.2) is 78.8 Å². The second-order valence-electron chi connectivity index (χ2n) is 7.59. The van der Waals surface area contributed by atoms with E-state index in [9.17, 15) is 40.5 Å². The van der Waals surface area contributed by atoms with Crippen LogP contribution in [0.25, 0.3) is 0 Å². The number of aliphatic hydroxyl groups is 4. The molecule has 2 aromatic carbocycles. The number of hydrogen-bond acceptors (Lipinski definition) is 11. The van der Waals surface area contributed by atoms with Crippen LogP contribution < -0.4 is 9.47 Å². The van der Waals surface area contributed by atoms with Crippen LogP contribution in [0.4, 0.5) is 0 Å². The monoisotopic (exact) mass is 450 g/mol. The van der Waals surface area contributed by atoms with Crippen molar-refractivity contribution in [2.45, 2.75) is 43.2 Å². The van der Waals surface area contributed by atoms with Crippen LogP contribution in [0, 0.1) is 0 Å². The minimum atomic E-state index is -1.70. The highest BCUT2D eigenvalue weighted by Gasteiger charge is 2.45. The first-order valence-corrected chi connectivity index (χ1v) is 9.76. The van der Waals surface area contributed by atoms with Gasteiger partial charge in [-0.15, -0.1) is 0 Å². The standard InChI is InChI=1S/C21H22O11/c22-7-15-16(26)18(28)19(29)21(32-15)31-13-4-2-9-11(24)6-14(30-20(9)17(13)27)8-1-3-10(23)12(25)5-8/h1-5,14-16,18-19,21-23,25-29H,6-7H2/t14-,15+,16+,18-,19+,21+/m0/s1. The van der Waals surface area contributed by atoms with Gasteiger partial charge in [0.1, 0.15) is 30.5 Å². The molecule has 1 fully saturated rings. The summed E-state index contributed by atoms with van der Waals surface area (Å²) >= 11 is 0. The summed E-state index contributed by atoms with van der Waals surface area (Å²) in [5.41, 5.74) is 0.474. The molecule has 4 rings (SSSR count). The van der Waals surface area contributed by atoms with Gasteiger partial charge in [-0.3, -0.25) is 4.79 Å². The summed E-state index contributed by atoms with van der Waals surface area (Å²) in [6, 6.07) is 6.55. The molecule has 0 aromatic heterocycles. The van der Waals surface area contributed by atoms with Crippen molar-refractivity contribution in [3.63, 3.8) is 0 Å². The number of benzene rings is 2. The Bertz CT molecular complexity index is 1020. The van der Waals surface area contributed by atoms with E-state index in [0.717, 1.165) is 0 Å². The lowest BCUT2D eigenvalue weighted by molar-refractivity contribution is -0.277. The molecule has 11 nitrogen and oxygen atoms in total. The zero-order valence-corrected chi connectivity index (χ0v) is 16.5. The van der Waals surface area contributed by atoms with Crippen molar-refractivity contribution in [2.24, 2.45) is 0 Å². The first kappa shape index (κ1) is 22.1. The molecule has 11 heteroatoms. The van der Waals surface area contributed by atoms with E-state index in [2.05, 4.69) is 0 Å². The Balaban J connectivity index is 1.61. The number of rotatable bonds is 4. The first-order valence-electron chi connectivity index (χ1n) is 9.76. The van der Waals surface area contributed by atoms with Crippen LogP contribution in [0.3, 0.4) is 0 Å². The van der Waals surface area contributed by atoms with E-state index >= 15 is 0 Å². The maximum Gasteiger partial charge on any atom is 0.229 e. The molecule has 2 aliphatic rings. The van der Waals surface area contributed by atoms with Crippen molar-refractivity contribution in [2.75, 3.05) is 6.61 Å². The quantitative estimate of drug-likeness (QED) is 0.303. The van der Waals surface area contributed by atoms with E-state index in [1.807, 2.05) is 0 Å². The Hall–Kier alpha value is -3.09. The molecule has 0 unspecified atom stereocenters. The highest BCUT2D eigenvalue weighted by molar-refractivity contribution is 6.01. The van der Waals surface area contributed by atoms with Crippen LogP contribution in [-0.2, 0) is 4.74 Å². The molecular weight excluding hydrogens is 428 g/mol. The smallest absolute Gasteiger partial charge is 0.229 e. The fourth-order valence-electron chi connectivity index (χ4n) is 3.67. The van der Waals surface area contributed by atoms with Gasteiger partial charge >= 0.3 is 0 Å². The predicted octanol–water partition coefficient (Wildman–Crippen LogP) is -0.311. The van der Waals surface area contributed by atoms with Gasteiger partial charge in [0.25, 0.3) is 0 Å². The number of ether oxygens (including phenoxy) is 3. The van der Waals surface area contributed by atoms with Gasteiger partial charge in [0.05, 0.1) is 18.6 Å². The topological polar surface area (TPSA) is 186 Å². The van der Waals surface area contributed by atoms with Crippen LogP contribution in [0.15, 0.2) is 30.3 Å². The largest absolute Gasteiger partial charge is 0.504 e. The van der Waals surface area contributed by atoms with Crippen molar-refractivity contribution in [1.82, 2.24) is 0 Å². The molecular formula is C21H22O11. The molecule has 0 aliphatic carbocycles. The van der Waals surface area contributed by atoms with E-state index < -0.39 is 54.9 Å². The molecule has 7 N–H and O–H groups in total. The number of fused-ring (bicyclic) bond motifs is 1. The number of hydrogen-bond donors (Lipinski definition) is 7. The Morgan fingerprint density at radius 3 is 2.41 bits per heavy atom. The Kier molecular flexibility index (Phi) is 5.84. The minimum Gasteiger partial charge on any atom is -0.504 e. The summed E-state index contributed by atoms with van der Waals surface area (Å²) in [6.45, 7) is -0.653. The number of carbonyl (C=O) groups excluding carboxylic acids is 1. The van der Waals surface area contributed by atoms with E-state index in [0.29, 0.717) is 5.56 Å². The molecule has 0 saturated carbocycles. The van der Waals surface area contributed by atoms with Crippen molar-refractivity contribution >= 4 is 5.78 Å². The second-order valence-corrected chi connectivity index (χ2v) is 7.59. The maximum absolute atomic E-state index is 12.6. The lowest BCUT2D eigenvalue weighted by Crippen LogP contribution is -2.60. The molecule has 0 spiro atoms. The maximum atomic E-state index is 12.6. The lowest BCUT2D eigenvalue weighted by Gasteiger charge is -2.39. The Labute approximate surface area is 181 Å². The van der Waals surface area contributed by atoms with Gasteiger partial charge in [-0.2, -0.15) is 0 Å². The Morgan fingerprint density at radius 1 is 0.969 bits per heavy atom. The van der Waals surface area contributed by atoms with Gasteiger partial charge in [-0.25, -0.2) is 0 Å². The van der Waals surface area contributed by atoms with Gasteiger partial charge in [0.2, 0.25) is 12.0 Å². The van der Waals surface area contributed by atoms with E-state index in [1.54, 1.807) is 0 Å². The normalized spacial score (nSPS) is 29.8. The van der Waals surface area contributed by atoms with Gasteiger partial charge in [-0.1, -0.05) is 6.07 Å². The molecule has 2 heterocycles. The molecule has 6 atom stereocenters. The van der Waals surface area contributed by atoms with E-state index in [4.69, 9.17) is 14.2 Å². The van der Waals surface area contributed by atoms with Crippen LogP contribution in [0.2, 0.25) is 0 Å². The zero-order valence-electron chi connectivity index (χ0n) is 16.5. The summed E-state index contributed by atoms with van der Waals surface area (Å²) in [7, 11) is 0. The average Bonchev–Trinajstić information content (AvgIpc) is 2.77. The molecule has 2 aliphatic heterocycles. The lowest BCUT2D eigenvalue weighted by atomic mass is 9.95. The molecule has 32 heavy (non-hydrogen) atoms. The van der Waals surface area contributed by atoms with Gasteiger partial charge in [0, 0.05) is 0 Å². The second kappa shape index (κ2) is 8.45. The zero-order chi connectivity index (χ0) is 23.2. The molecule has 2 aromatic rings. The highest BCUT2D eigenvalue weighted by Crippen LogP contribution is 2.46. The van der Waals surface area contributed by atoms with Crippen LogP contribution in [0.5, 0.6) is 28.7 Å². The van der Waals surface area contributed by atoms with E-state index in [1.165, 1.54) is 30.3 Å². The number of ketones is 1. The van der Waals surface area contributed by atoms with Crippen LogP contribution >= 0.6 is 0 Å². The van der Waals surface area contributed by atoms with Crippen molar-refractivity contribution in [3.8, 4) is 28.7 Å². The Morgan fingerprint density at radius 2 is 1.72 bits per heavy atom. The molecule has 0 amide bonds. The predicted molar refractivity (Wildman–Crippen MR) is 105 cm³/mol. The number of aliphatic hydroxyl groups excluding tert-OH is 4. The average molecular weight is 450 g/mol. The summed E-state index contributed by atoms with van der Waals surface area (Å²) in [6.07, 6.45) is -8.64. The molecule has 0 radical (unpaired) electrons. The van der Waals surface area contributed by atoms with Crippen molar-refractivity contribution in [3.05, 3.63) is 41.5 Å². The minimum absolute atomic E-state index is 0.0798. The highest BCUT2D eigenvalue weighted by atomic mass is 16.7. The number of phenols is 3. The summed E-state index contributed by atoms with van der Waals surface area (Å²) < 4.78 is 16.5. The molecule has 172 valence electrons. The molecule has 1 saturated heterocycles. The van der Waals surface area contributed by atoms with Gasteiger partial charge < -0.3 is 50.0 Å².